The van der Waals surface area contributed by atoms with Crippen molar-refractivity contribution in [1.82, 2.24) is 10.2 Å². The molecule has 1 aliphatic heterocycles. The molecule has 2 N–H and O–H groups in total. The number of imide groups is 1. The first kappa shape index (κ1) is 19.7. The predicted molar refractivity (Wildman–Crippen MR) is 103 cm³/mol. The number of amides is 3. The Bertz CT molecular complexity index is 794. The van der Waals surface area contributed by atoms with Crippen LogP contribution in [0, 0.1) is 0 Å². The van der Waals surface area contributed by atoms with Gasteiger partial charge in [-0.2, -0.15) is 0 Å². The van der Waals surface area contributed by atoms with E-state index in [1.54, 1.807) is 24.3 Å². The number of nitrogens with one attached hydrogen (secondary N) is 1. The molecule has 1 aliphatic rings. The number of benzene rings is 2. The van der Waals surface area contributed by atoms with Crippen LogP contribution in [0.1, 0.15) is 19.8 Å². The quantitative estimate of drug-likeness (QED) is 0.649. The summed E-state index contributed by atoms with van der Waals surface area (Å²) in [6.45, 7) is 1.81. The maximum atomic E-state index is 12.2. The Morgan fingerprint density at radius 1 is 1.04 bits per heavy atom. The first-order valence-corrected chi connectivity index (χ1v) is 9.32. The molecule has 1 heterocycles. The Morgan fingerprint density at radius 3 is 2.36 bits per heavy atom. The molecule has 1 saturated heterocycles. The molecule has 3 rings (SSSR count). The molecule has 0 radical (unpaired) electrons. The minimum absolute atomic E-state index is 0.0333. The summed E-state index contributed by atoms with van der Waals surface area (Å²) in [6, 6.07) is 15.5. The van der Waals surface area contributed by atoms with Crippen LogP contribution in [-0.4, -0.2) is 47.2 Å². The zero-order valence-electron chi connectivity index (χ0n) is 15.7. The van der Waals surface area contributed by atoms with E-state index in [9.17, 15) is 14.7 Å². The maximum Gasteiger partial charge on any atom is 0.324 e. The van der Waals surface area contributed by atoms with Crippen LogP contribution in [0.25, 0.3) is 0 Å². The van der Waals surface area contributed by atoms with Crippen LogP contribution in [0.3, 0.4) is 0 Å². The lowest BCUT2D eigenvalue weighted by molar-refractivity contribution is -0.128. The molecule has 7 heteroatoms. The fraction of sp³-hybridized carbons (Fsp3) is 0.333. The van der Waals surface area contributed by atoms with Gasteiger partial charge in [-0.15, -0.1) is 0 Å². The van der Waals surface area contributed by atoms with Crippen molar-refractivity contribution in [3.63, 3.8) is 0 Å². The van der Waals surface area contributed by atoms with E-state index in [1.165, 1.54) is 0 Å². The van der Waals surface area contributed by atoms with Gasteiger partial charge < -0.3 is 19.9 Å². The van der Waals surface area contributed by atoms with E-state index < -0.39 is 18.2 Å². The summed E-state index contributed by atoms with van der Waals surface area (Å²) in [5.41, 5.74) is 0. The standard InChI is InChI=1S/C21H24N2O5/c1-2-6-19-20(25)23(21(26)22-19)13-15(24)14-27-16-9-11-18(12-10-16)28-17-7-4-3-5-8-17/h3-5,7-12,15,19,24H,2,6,13-14H2,1H3,(H,22,26)/t15-,19-/m0/s1. The zero-order valence-corrected chi connectivity index (χ0v) is 15.7. The van der Waals surface area contributed by atoms with Crippen molar-refractivity contribution in [3.8, 4) is 17.2 Å². The van der Waals surface area contributed by atoms with E-state index >= 15 is 0 Å². The molecule has 148 valence electrons. The van der Waals surface area contributed by atoms with Crippen molar-refractivity contribution in [2.45, 2.75) is 31.9 Å². The Morgan fingerprint density at radius 2 is 1.68 bits per heavy atom. The molecule has 2 aromatic carbocycles. The first-order chi connectivity index (χ1) is 13.6. The Hall–Kier alpha value is -3.06. The van der Waals surface area contributed by atoms with Crippen LogP contribution in [0.4, 0.5) is 4.79 Å². The lowest BCUT2D eigenvalue weighted by atomic mass is 10.1. The van der Waals surface area contributed by atoms with Crippen molar-refractivity contribution in [2.75, 3.05) is 13.2 Å². The lowest BCUT2D eigenvalue weighted by Crippen LogP contribution is -2.40. The first-order valence-electron chi connectivity index (χ1n) is 9.32. The molecule has 2 atom stereocenters. The van der Waals surface area contributed by atoms with Crippen LogP contribution in [0.5, 0.6) is 17.2 Å². The second-order valence-corrected chi connectivity index (χ2v) is 6.59. The van der Waals surface area contributed by atoms with Gasteiger partial charge in [-0.05, 0) is 42.8 Å². The smallest absolute Gasteiger partial charge is 0.324 e. The molecule has 2 aromatic rings. The minimum atomic E-state index is -0.977. The second-order valence-electron chi connectivity index (χ2n) is 6.59. The molecule has 0 unspecified atom stereocenters. The number of hydrogen-bond acceptors (Lipinski definition) is 5. The van der Waals surface area contributed by atoms with E-state index in [2.05, 4.69) is 5.32 Å². The molecule has 7 nitrogen and oxygen atoms in total. The number of para-hydroxylation sites is 1. The third kappa shape index (κ3) is 5.01. The van der Waals surface area contributed by atoms with Gasteiger partial charge in [0.15, 0.2) is 0 Å². The molecule has 0 bridgehead atoms. The van der Waals surface area contributed by atoms with Crippen LogP contribution in [0.2, 0.25) is 0 Å². The molecular formula is C21H24N2O5. The van der Waals surface area contributed by atoms with Crippen molar-refractivity contribution in [2.24, 2.45) is 0 Å². The van der Waals surface area contributed by atoms with E-state index in [0.29, 0.717) is 17.9 Å². The van der Waals surface area contributed by atoms with Crippen LogP contribution in [-0.2, 0) is 4.79 Å². The Balaban J connectivity index is 1.47. The fourth-order valence-electron chi connectivity index (χ4n) is 2.92. The van der Waals surface area contributed by atoms with Gasteiger partial charge in [0.05, 0.1) is 6.54 Å². The Kier molecular flexibility index (Phi) is 6.49. The van der Waals surface area contributed by atoms with E-state index in [-0.39, 0.29) is 19.1 Å². The fourth-order valence-corrected chi connectivity index (χ4v) is 2.92. The van der Waals surface area contributed by atoms with Crippen LogP contribution in [0.15, 0.2) is 54.6 Å². The van der Waals surface area contributed by atoms with Gasteiger partial charge in [0.2, 0.25) is 0 Å². The number of ether oxygens (including phenoxy) is 2. The minimum Gasteiger partial charge on any atom is -0.491 e. The van der Waals surface area contributed by atoms with Crippen LogP contribution >= 0.6 is 0 Å². The van der Waals surface area contributed by atoms with Crippen molar-refractivity contribution < 1.29 is 24.2 Å². The predicted octanol–water partition coefficient (Wildman–Crippen LogP) is 2.94. The van der Waals surface area contributed by atoms with Crippen LogP contribution < -0.4 is 14.8 Å². The van der Waals surface area contributed by atoms with Gasteiger partial charge >= 0.3 is 6.03 Å². The third-order valence-corrected chi connectivity index (χ3v) is 4.32. The number of carbonyl (C=O) groups excluding carboxylic acids is 2. The molecule has 0 aliphatic carbocycles. The lowest BCUT2D eigenvalue weighted by Gasteiger charge is -2.18. The summed E-state index contributed by atoms with van der Waals surface area (Å²) >= 11 is 0. The highest BCUT2D eigenvalue weighted by atomic mass is 16.5. The monoisotopic (exact) mass is 384 g/mol. The summed E-state index contributed by atoms with van der Waals surface area (Å²) in [5.74, 6) is 1.66. The van der Waals surface area contributed by atoms with Gasteiger partial charge in [-0.3, -0.25) is 9.69 Å². The average Bonchev–Trinajstić information content (AvgIpc) is 2.96. The average molecular weight is 384 g/mol. The summed E-state index contributed by atoms with van der Waals surface area (Å²) < 4.78 is 11.3. The molecule has 0 saturated carbocycles. The zero-order chi connectivity index (χ0) is 19.9. The van der Waals surface area contributed by atoms with E-state index in [4.69, 9.17) is 9.47 Å². The number of nitrogens with zero attached hydrogens (tertiary/aromatic N) is 1. The highest BCUT2D eigenvalue weighted by Crippen LogP contribution is 2.23. The second kappa shape index (κ2) is 9.23. The van der Waals surface area contributed by atoms with Gasteiger partial charge in [-0.1, -0.05) is 31.5 Å². The number of aliphatic hydroxyl groups is 1. The van der Waals surface area contributed by atoms with E-state index in [0.717, 1.165) is 17.1 Å². The Labute approximate surface area is 163 Å². The molecule has 0 spiro atoms. The maximum absolute atomic E-state index is 12.2. The van der Waals surface area contributed by atoms with Crippen molar-refractivity contribution in [3.05, 3.63) is 54.6 Å². The summed E-state index contributed by atoms with van der Waals surface area (Å²) in [4.78, 5) is 25.1. The molecular weight excluding hydrogens is 360 g/mol. The van der Waals surface area contributed by atoms with Gasteiger partial charge in [-0.25, -0.2) is 4.79 Å². The third-order valence-electron chi connectivity index (χ3n) is 4.32. The summed E-state index contributed by atoms with van der Waals surface area (Å²) in [7, 11) is 0. The molecule has 3 amide bonds. The SMILES string of the molecule is CCC[C@@H]1NC(=O)N(C[C@H](O)COc2ccc(Oc3ccccc3)cc2)C1=O. The van der Waals surface area contributed by atoms with Crippen molar-refractivity contribution in [1.29, 1.82) is 0 Å². The topological polar surface area (TPSA) is 88.1 Å². The van der Waals surface area contributed by atoms with Gasteiger partial charge in [0.1, 0.15) is 36.0 Å². The largest absolute Gasteiger partial charge is 0.491 e. The number of urea groups is 1. The number of rotatable bonds is 9. The molecule has 0 aromatic heterocycles. The van der Waals surface area contributed by atoms with Gasteiger partial charge in [0.25, 0.3) is 5.91 Å². The summed E-state index contributed by atoms with van der Waals surface area (Å²) in [6.07, 6.45) is 0.404. The number of β-amino-alcohol motifs (C(OH)–C–C–N with tert-alkyl or cyclic N) is 1. The van der Waals surface area contributed by atoms with Gasteiger partial charge in [0, 0.05) is 0 Å². The highest BCUT2D eigenvalue weighted by Gasteiger charge is 2.38. The number of hydrogen-bond donors (Lipinski definition) is 2. The molecule has 28 heavy (non-hydrogen) atoms. The molecule has 1 fully saturated rings. The number of aliphatic hydroxyl groups excluding tert-OH is 1. The normalized spacial score (nSPS) is 17.4. The summed E-state index contributed by atoms with van der Waals surface area (Å²) in [5, 5.41) is 12.8. The highest BCUT2D eigenvalue weighted by molar-refractivity contribution is 6.04. The number of carbonyl (C=O) groups is 2. The van der Waals surface area contributed by atoms with E-state index in [1.807, 2.05) is 37.3 Å². The van der Waals surface area contributed by atoms with Crippen molar-refractivity contribution >= 4 is 11.9 Å².